The molecule has 1 unspecified atom stereocenters. The fourth-order valence-corrected chi connectivity index (χ4v) is 1.52. The van der Waals surface area contributed by atoms with Crippen LogP contribution in [0.2, 0.25) is 0 Å². The number of carbonyl (C=O) groups excluding carboxylic acids is 1. The van der Waals surface area contributed by atoms with E-state index in [4.69, 9.17) is 9.47 Å². The minimum atomic E-state index is -0.0847. The minimum Gasteiger partial charge on any atom is -0.383 e. The summed E-state index contributed by atoms with van der Waals surface area (Å²) in [4.78, 5) is 11.8. The standard InChI is InChI=1S/C13H19NO3/c1-10(8-16-2)14-13(15)12-6-4-11(5-7-12)9-17-3/h4-7,10H,8-9H2,1-3H3,(H,14,15). The van der Waals surface area contributed by atoms with Gasteiger partial charge in [0.05, 0.1) is 13.2 Å². The quantitative estimate of drug-likeness (QED) is 0.817. The summed E-state index contributed by atoms with van der Waals surface area (Å²) >= 11 is 0. The number of ether oxygens (including phenoxy) is 2. The molecular weight excluding hydrogens is 218 g/mol. The lowest BCUT2D eigenvalue weighted by Crippen LogP contribution is -2.35. The Balaban J connectivity index is 2.57. The highest BCUT2D eigenvalue weighted by molar-refractivity contribution is 5.94. The summed E-state index contributed by atoms with van der Waals surface area (Å²) in [5.74, 6) is -0.0847. The topological polar surface area (TPSA) is 47.6 Å². The summed E-state index contributed by atoms with van der Waals surface area (Å²) in [7, 11) is 3.26. The predicted molar refractivity (Wildman–Crippen MR) is 66.0 cm³/mol. The molecule has 94 valence electrons. The highest BCUT2D eigenvalue weighted by atomic mass is 16.5. The Bertz CT molecular complexity index is 348. The van der Waals surface area contributed by atoms with Crippen LogP contribution < -0.4 is 5.32 Å². The Morgan fingerprint density at radius 1 is 1.24 bits per heavy atom. The molecule has 0 bridgehead atoms. The maximum Gasteiger partial charge on any atom is 0.251 e. The largest absolute Gasteiger partial charge is 0.383 e. The van der Waals surface area contributed by atoms with Crippen molar-refractivity contribution in [3.05, 3.63) is 35.4 Å². The second kappa shape index (κ2) is 7.04. The van der Waals surface area contributed by atoms with E-state index in [1.807, 2.05) is 19.1 Å². The van der Waals surface area contributed by atoms with Crippen molar-refractivity contribution in [3.8, 4) is 0 Å². The van der Waals surface area contributed by atoms with Crippen molar-refractivity contribution >= 4 is 5.91 Å². The summed E-state index contributed by atoms with van der Waals surface area (Å²) in [6.07, 6.45) is 0. The maximum atomic E-state index is 11.8. The van der Waals surface area contributed by atoms with Gasteiger partial charge < -0.3 is 14.8 Å². The van der Waals surface area contributed by atoms with Gasteiger partial charge in [-0.15, -0.1) is 0 Å². The van der Waals surface area contributed by atoms with Crippen molar-refractivity contribution in [2.45, 2.75) is 19.6 Å². The van der Waals surface area contributed by atoms with Crippen molar-refractivity contribution in [2.24, 2.45) is 0 Å². The molecular formula is C13H19NO3. The molecule has 0 aromatic heterocycles. The van der Waals surface area contributed by atoms with Crippen LogP contribution >= 0.6 is 0 Å². The van der Waals surface area contributed by atoms with E-state index in [0.29, 0.717) is 18.8 Å². The van der Waals surface area contributed by atoms with Gasteiger partial charge in [-0.1, -0.05) is 12.1 Å². The van der Waals surface area contributed by atoms with E-state index in [9.17, 15) is 4.79 Å². The number of hydrogen-bond acceptors (Lipinski definition) is 3. The van der Waals surface area contributed by atoms with Crippen molar-refractivity contribution in [1.29, 1.82) is 0 Å². The lowest BCUT2D eigenvalue weighted by Gasteiger charge is -2.12. The molecule has 1 aromatic carbocycles. The van der Waals surface area contributed by atoms with E-state index < -0.39 is 0 Å². The van der Waals surface area contributed by atoms with Crippen LogP contribution in [0.4, 0.5) is 0 Å². The number of hydrogen-bond donors (Lipinski definition) is 1. The molecule has 0 aliphatic heterocycles. The van der Waals surface area contributed by atoms with Gasteiger partial charge in [-0.25, -0.2) is 0 Å². The third-order valence-electron chi connectivity index (χ3n) is 2.32. The molecule has 17 heavy (non-hydrogen) atoms. The second-order valence-electron chi connectivity index (χ2n) is 3.96. The molecule has 4 nitrogen and oxygen atoms in total. The molecule has 0 aliphatic rings. The number of carbonyl (C=O) groups is 1. The van der Waals surface area contributed by atoms with Crippen LogP contribution in [-0.2, 0) is 16.1 Å². The van der Waals surface area contributed by atoms with Gasteiger partial charge >= 0.3 is 0 Å². The number of nitrogens with one attached hydrogen (secondary N) is 1. The van der Waals surface area contributed by atoms with Crippen LogP contribution in [0.25, 0.3) is 0 Å². The van der Waals surface area contributed by atoms with Gasteiger partial charge in [-0.05, 0) is 24.6 Å². The van der Waals surface area contributed by atoms with E-state index in [-0.39, 0.29) is 11.9 Å². The van der Waals surface area contributed by atoms with E-state index in [1.54, 1.807) is 26.4 Å². The monoisotopic (exact) mass is 237 g/mol. The normalized spacial score (nSPS) is 12.2. The third-order valence-corrected chi connectivity index (χ3v) is 2.32. The lowest BCUT2D eigenvalue weighted by atomic mass is 10.1. The fourth-order valence-electron chi connectivity index (χ4n) is 1.52. The molecule has 1 aromatic rings. The van der Waals surface area contributed by atoms with Crippen molar-refractivity contribution in [3.63, 3.8) is 0 Å². The summed E-state index contributed by atoms with van der Waals surface area (Å²) in [6, 6.07) is 7.37. The van der Waals surface area contributed by atoms with Gasteiger partial charge in [0.25, 0.3) is 5.91 Å². The zero-order valence-corrected chi connectivity index (χ0v) is 10.5. The average molecular weight is 237 g/mol. The molecule has 1 atom stereocenters. The van der Waals surface area contributed by atoms with Crippen LogP contribution in [0.5, 0.6) is 0 Å². The molecule has 4 heteroatoms. The summed E-state index contributed by atoms with van der Waals surface area (Å²) in [6.45, 7) is 2.97. The van der Waals surface area contributed by atoms with Crippen molar-refractivity contribution < 1.29 is 14.3 Å². The van der Waals surface area contributed by atoms with Gasteiger partial charge in [0.1, 0.15) is 0 Å². The van der Waals surface area contributed by atoms with Gasteiger partial charge in [0.15, 0.2) is 0 Å². The number of amides is 1. The third kappa shape index (κ3) is 4.54. The average Bonchev–Trinajstić information content (AvgIpc) is 2.30. The molecule has 0 radical (unpaired) electrons. The molecule has 0 saturated carbocycles. The van der Waals surface area contributed by atoms with E-state index in [1.165, 1.54) is 0 Å². The smallest absolute Gasteiger partial charge is 0.251 e. The van der Waals surface area contributed by atoms with Crippen LogP contribution in [-0.4, -0.2) is 32.8 Å². The fraction of sp³-hybridized carbons (Fsp3) is 0.462. The summed E-state index contributed by atoms with van der Waals surface area (Å²) in [5.41, 5.74) is 1.70. The molecule has 0 fully saturated rings. The summed E-state index contributed by atoms with van der Waals surface area (Å²) in [5, 5.41) is 2.85. The Hall–Kier alpha value is -1.39. The Morgan fingerprint density at radius 3 is 2.41 bits per heavy atom. The van der Waals surface area contributed by atoms with Crippen molar-refractivity contribution in [1.82, 2.24) is 5.32 Å². The molecule has 0 heterocycles. The molecule has 1 N–H and O–H groups in total. The minimum absolute atomic E-state index is 0.00570. The molecule has 1 rings (SSSR count). The van der Waals surface area contributed by atoms with Crippen LogP contribution in [0.1, 0.15) is 22.8 Å². The molecule has 0 aliphatic carbocycles. The highest BCUT2D eigenvalue weighted by Crippen LogP contribution is 2.05. The van der Waals surface area contributed by atoms with Crippen LogP contribution in [0, 0.1) is 0 Å². The van der Waals surface area contributed by atoms with E-state index in [0.717, 1.165) is 5.56 Å². The zero-order valence-electron chi connectivity index (χ0n) is 10.5. The van der Waals surface area contributed by atoms with Crippen LogP contribution in [0.15, 0.2) is 24.3 Å². The highest BCUT2D eigenvalue weighted by Gasteiger charge is 2.09. The first-order valence-corrected chi connectivity index (χ1v) is 5.55. The van der Waals surface area contributed by atoms with Gasteiger partial charge in [-0.2, -0.15) is 0 Å². The molecule has 1 amide bonds. The van der Waals surface area contributed by atoms with E-state index >= 15 is 0 Å². The van der Waals surface area contributed by atoms with Gasteiger partial charge in [-0.3, -0.25) is 4.79 Å². The Kier molecular flexibility index (Phi) is 5.66. The first-order chi connectivity index (χ1) is 8.17. The number of rotatable bonds is 6. The summed E-state index contributed by atoms with van der Waals surface area (Å²) < 4.78 is 9.97. The lowest BCUT2D eigenvalue weighted by molar-refractivity contribution is 0.0905. The first-order valence-electron chi connectivity index (χ1n) is 5.55. The number of benzene rings is 1. The Labute approximate surface area is 102 Å². The van der Waals surface area contributed by atoms with Gasteiger partial charge in [0.2, 0.25) is 0 Å². The second-order valence-corrected chi connectivity index (χ2v) is 3.96. The van der Waals surface area contributed by atoms with Crippen molar-refractivity contribution in [2.75, 3.05) is 20.8 Å². The Morgan fingerprint density at radius 2 is 1.88 bits per heavy atom. The first kappa shape index (κ1) is 13.7. The zero-order chi connectivity index (χ0) is 12.7. The predicted octanol–water partition coefficient (Wildman–Crippen LogP) is 1.60. The van der Waals surface area contributed by atoms with Crippen LogP contribution in [0.3, 0.4) is 0 Å². The molecule has 0 spiro atoms. The van der Waals surface area contributed by atoms with E-state index in [2.05, 4.69) is 5.32 Å². The molecule has 0 saturated heterocycles. The SMILES string of the molecule is COCc1ccc(C(=O)NC(C)COC)cc1. The maximum absolute atomic E-state index is 11.8. The number of methoxy groups -OCH3 is 2. The van der Waals surface area contributed by atoms with Gasteiger partial charge in [0, 0.05) is 25.8 Å².